The Hall–Kier alpha value is -3.61. The molecule has 2 heterocycles. The molecule has 31 heavy (non-hydrogen) atoms. The van der Waals surface area contributed by atoms with Crippen molar-refractivity contribution >= 4 is 40.5 Å². The number of nitro groups is 1. The van der Waals surface area contributed by atoms with Crippen molar-refractivity contribution in [1.82, 2.24) is 15.1 Å². The molecule has 13 heteroatoms. The second-order valence-corrected chi connectivity index (χ2v) is 7.70. The Kier molecular flexibility index (Phi) is 5.27. The van der Waals surface area contributed by atoms with E-state index in [0.717, 1.165) is 12.8 Å². The number of nitrogens with zero attached hydrogens (tertiary/aromatic N) is 5. The molecular formula is C18H18N6O6S. The van der Waals surface area contributed by atoms with Crippen LogP contribution in [0.5, 0.6) is 0 Å². The Labute approximate surface area is 180 Å². The van der Waals surface area contributed by atoms with E-state index in [1.165, 1.54) is 33.8 Å². The highest BCUT2D eigenvalue weighted by Crippen LogP contribution is 2.34. The average molecular weight is 446 g/mol. The first-order chi connectivity index (χ1) is 14.8. The highest BCUT2D eigenvalue weighted by atomic mass is 32.1. The zero-order valence-corrected chi connectivity index (χ0v) is 17.2. The van der Waals surface area contributed by atoms with Gasteiger partial charge in [0.1, 0.15) is 12.6 Å². The summed E-state index contributed by atoms with van der Waals surface area (Å²) in [6, 6.07) is 4.30. The minimum Gasteiger partial charge on any atom is -0.862 e. The molecule has 2 aromatic rings. The molecule has 1 N–H and O–H groups in total. The van der Waals surface area contributed by atoms with E-state index in [-0.39, 0.29) is 47.1 Å². The van der Waals surface area contributed by atoms with Crippen LogP contribution in [0.15, 0.2) is 38.6 Å². The summed E-state index contributed by atoms with van der Waals surface area (Å²) in [6.45, 7) is -0.00833. The van der Waals surface area contributed by atoms with Crippen molar-refractivity contribution in [2.45, 2.75) is 37.9 Å². The van der Waals surface area contributed by atoms with Crippen molar-refractivity contribution in [3.63, 3.8) is 0 Å². The number of benzene rings is 1. The summed E-state index contributed by atoms with van der Waals surface area (Å²) < 4.78 is 6.14. The van der Waals surface area contributed by atoms with E-state index in [9.17, 15) is 24.8 Å². The Morgan fingerprint density at radius 3 is 2.58 bits per heavy atom. The molecule has 1 aliphatic carbocycles. The van der Waals surface area contributed by atoms with Crippen LogP contribution in [0.25, 0.3) is 0 Å². The molecule has 1 saturated heterocycles. The fraction of sp³-hybridized carbons (Fsp3) is 0.389. The first kappa shape index (κ1) is 20.7. The van der Waals surface area contributed by atoms with Gasteiger partial charge in [0.15, 0.2) is 12.2 Å². The van der Waals surface area contributed by atoms with Crippen molar-refractivity contribution in [3.8, 4) is 0 Å². The van der Waals surface area contributed by atoms with Gasteiger partial charge in [-0.2, -0.15) is 0 Å². The molecule has 1 aromatic carbocycles. The topological polar surface area (TPSA) is 152 Å². The summed E-state index contributed by atoms with van der Waals surface area (Å²) in [4.78, 5) is 42.2. The number of rotatable bonds is 7. The zero-order valence-electron chi connectivity index (χ0n) is 16.4. The van der Waals surface area contributed by atoms with Gasteiger partial charge in [0.2, 0.25) is 0 Å². The molecule has 0 bridgehead atoms. The summed E-state index contributed by atoms with van der Waals surface area (Å²) in [5.41, 5.74) is -0.222. The van der Waals surface area contributed by atoms with Crippen LogP contribution in [-0.2, 0) is 18.4 Å². The van der Waals surface area contributed by atoms with E-state index >= 15 is 0 Å². The number of nitro benzene ring substituents is 1. The zero-order chi connectivity index (χ0) is 22.3. The van der Waals surface area contributed by atoms with E-state index < -0.39 is 22.5 Å². The Bertz CT molecular complexity index is 1140. The van der Waals surface area contributed by atoms with Gasteiger partial charge in [-0.05, 0) is 48.4 Å². The number of hydrogen-bond donors (Lipinski definition) is 1. The number of aromatic amines is 1. The number of carbonyl (C=O) groups excluding carboxylic acids is 1. The Balaban J connectivity index is 1.58. The summed E-state index contributed by atoms with van der Waals surface area (Å²) in [5.74, 6) is -0.884. The maximum absolute atomic E-state index is 13.0. The molecule has 0 radical (unpaired) electrons. The number of non-ortho nitro benzene ring substituents is 1. The second kappa shape index (κ2) is 7.91. The molecule has 1 atom stereocenters. The van der Waals surface area contributed by atoms with Crippen molar-refractivity contribution in [3.05, 3.63) is 50.5 Å². The van der Waals surface area contributed by atoms with Crippen molar-refractivity contribution in [2.24, 2.45) is 12.0 Å². The molecule has 2 aliphatic rings. The minimum absolute atomic E-state index is 0.00518. The summed E-state index contributed by atoms with van der Waals surface area (Å²) in [7, 11) is 1.59. The number of thiocarbonyl (C=S) groups is 1. The minimum atomic E-state index is -0.906. The predicted molar refractivity (Wildman–Crippen MR) is 107 cm³/mol. The molecule has 2 fully saturated rings. The third-order valence-corrected chi connectivity index (χ3v) is 5.61. The fourth-order valence-electron chi connectivity index (χ4n) is 3.40. The van der Waals surface area contributed by atoms with E-state index in [4.69, 9.17) is 16.7 Å². The third-order valence-electron chi connectivity index (χ3n) is 5.18. The maximum atomic E-state index is 13.0. The van der Waals surface area contributed by atoms with Crippen LogP contribution in [0.1, 0.15) is 25.0 Å². The molecule has 0 spiro atoms. The lowest BCUT2D eigenvalue weighted by atomic mass is 10.1. The van der Waals surface area contributed by atoms with E-state index in [1.54, 1.807) is 11.9 Å². The highest BCUT2D eigenvalue weighted by Gasteiger charge is 2.49. The van der Waals surface area contributed by atoms with Gasteiger partial charge < -0.3 is 10.0 Å². The quantitative estimate of drug-likeness (QED) is 0.151. The van der Waals surface area contributed by atoms with Gasteiger partial charge >= 0.3 is 11.3 Å². The lowest BCUT2D eigenvalue weighted by Crippen LogP contribution is -2.44. The molecule has 162 valence electrons. The van der Waals surface area contributed by atoms with Gasteiger partial charge in [-0.3, -0.25) is 29.3 Å². The van der Waals surface area contributed by atoms with Gasteiger partial charge in [-0.15, -0.1) is 0 Å². The molecule has 1 unspecified atom stereocenters. The molecule has 12 nitrogen and oxygen atoms in total. The van der Waals surface area contributed by atoms with Gasteiger partial charge in [-0.25, -0.2) is 4.79 Å². The van der Waals surface area contributed by atoms with Gasteiger partial charge in [-0.1, -0.05) is 4.68 Å². The van der Waals surface area contributed by atoms with Crippen molar-refractivity contribution in [2.75, 3.05) is 0 Å². The van der Waals surface area contributed by atoms with E-state index in [0.29, 0.717) is 0 Å². The predicted octanol–water partition coefficient (Wildman–Crippen LogP) is -0.359. The van der Waals surface area contributed by atoms with Crippen LogP contribution in [0.3, 0.4) is 0 Å². The van der Waals surface area contributed by atoms with Gasteiger partial charge in [0.05, 0.1) is 10.6 Å². The number of hydrogen-bond acceptors (Lipinski definition) is 8. The SMILES string of the molecule is C[n+]1[nH]oc(=O)c1CN1C(=S)N(C2CC2)C(=O)C1CC([O-])=Nc1ccc([N+](=O)[O-])cc1. The van der Waals surface area contributed by atoms with Crippen LogP contribution in [-0.4, -0.2) is 49.0 Å². The first-order valence-corrected chi connectivity index (χ1v) is 9.86. The molecular weight excluding hydrogens is 428 g/mol. The standard InChI is InChI=1S/C18H18N6O6S/c1-21-14(17(27)30-20-21)9-22-13(16(26)23(18(22)31)11-6-7-11)8-15(25)19-10-2-4-12(5-3-10)24(28)29/h2-5,11,13H,6-9H2,1H3,(H-,19,20,25,27). The number of aliphatic imine (C=N–C) groups is 1. The molecule has 1 amide bonds. The van der Waals surface area contributed by atoms with E-state index in [2.05, 4.69) is 10.3 Å². The number of nitrogens with one attached hydrogen (secondary N) is 1. The number of carbonyl (C=O) groups is 1. The van der Waals surface area contributed by atoms with Crippen LogP contribution >= 0.6 is 12.2 Å². The second-order valence-electron chi connectivity index (χ2n) is 7.34. The normalized spacial score (nSPS) is 19.4. The number of aromatic nitrogens is 2. The first-order valence-electron chi connectivity index (χ1n) is 9.45. The van der Waals surface area contributed by atoms with Gasteiger partial charge in [0, 0.05) is 24.6 Å². The molecule has 1 saturated carbocycles. The van der Waals surface area contributed by atoms with Crippen molar-refractivity contribution in [1.29, 1.82) is 0 Å². The Morgan fingerprint density at radius 1 is 1.35 bits per heavy atom. The maximum Gasteiger partial charge on any atom is 0.431 e. The Morgan fingerprint density at radius 2 is 2.03 bits per heavy atom. The molecule has 1 aliphatic heterocycles. The number of amides is 1. The summed E-state index contributed by atoms with van der Waals surface area (Å²) in [5, 5.41) is 26.0. The molecule has 1 aromatic heterocycles. The third kappa shape index (κ3) is 4.03. The molecule has 4 rings (SSSR count). The van der Waals surface area contributed by atoms with Crippen LogP contribution < -0.4 is 15.4 Å². The lowest BCUT2D eigenvalue weighted by molar-refractivity contribution is -0.746. The number of aryl methyl sites for hydroxylation is 1. The van der Waals surface area contributed by atoms with E-state index in [1.807, 2.05) is 0 Å². The smallest absolute Gasteiger partial charge is 0.431 e. The van der Waals surface area contributed by atoms with Gasteiger partial charge in [0.25, 0.3) is 11.6 Å². The van der Waals surface area contributed by atoms with Crippen LogP contribution in [0.4, 0.5) is 11.4 Å². The summed E-state index contributed by atoms with van der Waals surface area (Å²) in [6.07, 6.45) is 1.40. The highest BCUT2D eigenvalue weighted by molar-refractivity contribution is 7.80. The monoisotopic (exact) mass is 446 g/mol. The van der Waals surface area contributed by atoms with Crippen molar-refractivity contribution < 1.29 is 24.0 Å². The fourth-order valence-corrected chi connectivity index (χ4v) is 3.83. The van der Waals surface area contributed by atoms with Crippen LogP contribution in [0.2, 0.25) is 0 Å². The average Bonchev–Trinajstić information content (AvgIpc) is 3.47. The summed E-state index contributed by atoms with van der Waals surface area (Å²) >= 11 is 5.49. The number of H-pyrrole nitrogens is 1. The lowest BCUT2D eigenvalue weighted by Gasteiger charge is -2.23. The van der Waals surface area contributed by atoms with Crippen LogP contribution in [0, 0.1) is 10.1 Å². The largest absolute Gasteiger partial charge is 0.862 e.